The molecule has 1 fully saturated rings. The van der Waals surface area contributed by atoms with Crippen LogP contribution in [-0.2, 0) is 24.5 Å². The van der Waals surface area contributed by atoms with E-state index in [1.54, 1.807) is 0 Å². The molecule has 19 heavy (non-hydrogen) atoms. The summed E-state index contributed by atoms with van der Waals surface area (Å²) >= 11 is 0. The summed E-state index contributed by atoms with van der Waals surface area (Å²) in [4.78, 5) is 10.6. The first-order chi connectivity index (χ1) is 8.55. The minimum Gasteiger partial charge on any atom is -0.481 e. The molecule has 1 aliphatic carbocycles. The van der Waals surface area contributed by atoms with Gasteiger partial charge >= 0.3 is 5.97 Å². The van der Waals surface area contributed by atoms with Gasteiger partial charge in [0.2, 0.25) is 0 Å². The Morgan fingerprint density at radius 1 is 1.21 bits per heavy atom. The summed E-state index contributed by atoms with van der Waals surface area (Å²) in [6, 6.07) is 0. The lowest BCUT2D eigenvalue weighted by Crippen LogP contribution is -2.39. The predicted octanol–water partition coefficient (Wildman–Crippen LogP) is 0.620. The van der Waals surface area contributed by atoms with Crippen LogP contribution >= 0.6 is 0 Å². The number of carboxylic acids is 1. The molecular formula is C11H20O6S2. The summed E-state index contributed by atoms with van der Waals surface area (Å²) < 4.78 is 47.5. The van der Waals surface area contributed by atoms with Crippen molar-refractivity contribution in [2.45, 2.75) is 54.8 Å². The van der Waals surface area contributed by atoms with Crippen LogP contribution < -0.4 is 0 Å². The van der Waals surface area contributed by atoms with Crippen molar-refractivity contribution in [2.75, 3.05) is 6.26 Å². The molecule has 8 heteroatoms. The van der Waals surface area contributed by atoms with E-state index in [9.17, 15) is 21.6 Å². The molecule has 6 nitrogen and oxygen atoms in total. The van der Waals surface area contributed by atoms with Crippen LogP contribution in [0.25, 0.3) is 0 Å². The molecule has 3 atom stereocenters. The van der Waals surface area contributed by atoms with Crippen molar-refractivity contribution in [3.05, 3.63) is 0 Å². The van der Waals surface area contributed by atoms with Gasteiger partial charge in [0.25, 0.3) is 0 Å². The Bertz CT molecular complexity index is 534. The zero-order chi connectivity index (χ0) is 14.8. The van der Waals surface area contributed by atoms with Crippen molar-refractivity contribution in [2.24, 2.45) is 0 Å². The van der Waals surface area contributed by atoms with Gasteiger partial charge in [0.1, 0.15) is 9.84 Å². The summed E-state index contributed by atoms with van der Waals surface area (Å²) in [5.41, 5.74) is 0. The Labute approximate surface area is 114 Å². The highest BCUT2D eigenvalue weighted by Gasteiger charge is 2.38. The van der Waals surface area contributed by atoms with E-state index >= 15 is 0 Å². The van der Waals surface area contributed by atoms with Gasteiger partial charge in [-0.1, -0.05) is 6.42 Å². The van der Waals surface area contributed by atoms with Crippen molar-refractivity contribution in [3.8, 4) is 0 Å². The molecule has 3 unspecified atom stereocenters. The Hall–Kier alpha value is -0.630. The van der Waals surface area contributed by atoms with E-state index in [4.69, 9.17) is 5.11 Å². The molecule has 0 saturated heterocycles. The summed E-state index contributed by atoms with van der Waals surface area (Å²) in [6.07, 6.45) is 2.21. The van der Waals surface area contributed by atoms with E-state index in [1.165, 1.54) is 6.92 Å². The van der Waals surface area contributed by atoms with Crippen LogP contribution in [0.2, 0.25) is 0 Å². The first kappa shape index (κ1) is 16.4. The maximum absolute atomic E-state index is 12.2. The van der Waals surface area contributed by atoms with Crippen LogP contribution in [-0.4, -0.2) is 49.9 Å². The van der Waals surface area contributed by atoms with Crippen molar-refractivity contribution >= 4 is 25.6 Å². The van der Waals surface area contributed by atoms with E-state index in [1.807, 2.05) is 0 Å². The van der Waals surface area contributed by atoms with Crippen molar-refractivity contribution in [1.82, 2.24) is 0 Å². The molecule has 0 bridgehead atoms. The molecule has 1 saturated carbocycles. The monoisotopic (exact) mass is 312 g/mol. The summed E-state index contributed by atoms with van der Waals surface area (Å²) in [5.74, 6) is -1.16. The van der Waals surface area contributed by atoms with Crippen LogP contribution in [0.15, 0.2) is 0 Å². The molecule has 0 amide bonds. The van der Waals surface area contributed by atoms with Gasteiger partial charge in [-0.2, -0.15) is 0 Å². The van der Waals surface area contributed by atoms with Gasteiger partial charge in [-0.15, -0.1) is 0 Å². The fourth-order valence-electron chi connectivity index (χ4n) is 2.48. The van der Waals surface area contributed by atoms with Gasteiger partial charge in [0, 0.05) is 6.26 Å². The molecule has 0 radical (unpaired) electrons. The van der Waals surface area contributed by atoms with E-state index in [0.29, 0.717) is 19.3 Å². The smallest absolute Gasteiger partial charge is 0.304 e. The van der Waals surface area contributed by atoms with Crippen LogP contribution in [0.3, 0.4) is 0 Å². The second kappa shape index (κ2) is 5.78. The van der Waals surface area contributed by atoms with E-state index in [2.05, 4.69) is 0 Å². The lowest BCUT2D eigenvalue weighted by Gasteiger charge is -2.29. The molecule has 0 spiro atoms. The number of aliphatic carboxylic acids is 1. The van der Waals surface area contributed by atoms with Crippen LogP contribution in [0.5, 0.6) is 0 Å². The number of sulfone groups is 2. The Morgan fingerprint density at radius 2 is 1.74 bits per heavy atom. The molecule has 1 rings (SSSR count). The molecule has 0 heterocycles. The maximum atomic E-state index is 12.2. The van der Waals surface area contributed by atoms with Crippen molar-refractivity contribution in [3.63, 3.8) is 0 Å². The molecule has 1 aliphatic rings. The van der Waals surface area contributed by atoms with Crippen molar-refractivity contribution < 1.29 is 26.7 Å². The Balaban J connectivity index is 2.87. The lowest BCUT2D eigenvalue weighted by molar-refractivity contribution is -0.136. The zero-order valence-corrected chi connectivity index (χ0v) is 12.7. The number of rotatable bonds is 5. The zero-order valence-electron chi connectivity index (χ0n) is 11.1. The van der Waals surface area contributed by atoms with Gasteiger partial charge in [0.05, 0.1) is 22.2 Å². The van der Waals surface area contributed by atoms with Gasteiger partial charge in [-0.05, 0) is 26.2 Å². The van der Waals surface area contributed by atoms with E-state index in [-0.39, 0.29) is 6.42 Å². The number of hydrogen-bond acceptors (Lipinski definition) is 5. The fraction of sp³-hybridized carbons (Fsp3) is 0.909. The van der Waals surface area contributed by atoms with Gasteiger partial charge < -0.3 is 5.11 Å². The molecule has 0 aromatic heterocycles. The predicted molar refractivity (Wildman–Crippen MR) is 71.5 cm³/mol. The average molecular weight is 312 g/mol. The number of carboxylic acid groups (broad SMARTS) is 1. The fourth-order valence-corrected chi connectivity index (χ4v) is 5.81. The Kier molecular flexibility index (Phi) is 5.00. The second-order valence-corrected chi connectivity index (χ2v) is 10.2. The van der Waals surface area contributed by atoms with Gasteiger partial charge in [0.15, 0.2) is 9.84 Å². The number of hydrogen-bond donors (Lipinski definition) is 1. The maximum Gasteiger partial charge on any atom is 0.304 e. The van der Waals surface area contributed by atoms with Crippen LogP contribution in [0, 0.1) is 0 Å². The van der Waals surface area contributed by atoms with Crippen LogP contribution in [0.4, 0.5) is 0 Å². The molecule has 0 aromatic rings. The third kappa shape index (κ3) is 4.17. The SMILES string of the molecule is CC(CC(=O)O)S(=O)(=O)C1CCCC(S(C)(=O)=O)C1. The summed E-state index contributed by atoms with van der Waals surface area (Å²) in [5, 5.41) is 6.32. The molecule has 0 aliphatic heterocycles. The topological polar surface area (TPSA) is 106 Å². The first-order valence-electron chi connectivity index (χ1n) is 6.18. The second-order valence-electron chi connectivity index (χ2n) is 5.24. The standard InChI is InChI=1S/C11H20O6S2/c1-8(6-11(12)13)19(16,17)10-5-3-4-9(7-10)18(2,14)15/h8-10H,3-7H2,1-2H3,(H,12,13). The van der Waals surface area contributed by atoms with E-state index in [0.717, 1.165) is 6.26 Å². The largest absolute Gasteiger partial charge is 0.481 e. The molecule has 0 aromatic carbocycles. The minimum atomic E-state index is -3.60. The van der Waals surface area contributed by atoms with Crippen molar-refractivity contribution in [1.29, 1.82) is 0 Å². The van der Waals surface area contributed by atoms with E-state index < -0.39 is 47.8 Å². The minimum absolute atomic E-state index is 0.0884. The third-order valence-corrected chi connectivity index (χ3v) is 7.96. The molecular weight excluding hydrogens is 292 g/mol. The highest BCUT2D eigenvalue weighted by atomic mass is 32.2. The molecule has 112 valence electrons. The quantitative estimate of drug-likeness (QED) is 0.797. The lowest BCUT2D eigenvalue weighted by atomic mass is 10.00. The van der Waals surface area contributed by atoms with Crippen LogP contribution in [0.1, 0.15) is 39.0 Å². The molecule has 1 N–H and O–H groups in total. The summed E-state index contributed by atoms with van der Waals surface area (Å²) in [6.45, 7) is 1.37. The normalized spacial score (nSPS) is 26.8. The number of carbonyl (C=O) groups is 1. The first-order valence-corrected chi connectivity index (χ1v) is 9.75. The highest BCUT2D eigenvalue weighted by molar-refractivity contribution is 7.93. The third-order valence-electron chi connectivity index (χ3n) is 3.67. The average Bonchev–Trinajstić information content (AvgIpc) is 2.27. The van der Waals surface area contributed by atoms with Gasteiger partial charge in [-0.25, -0.2) is 16.8 Å². The summed E-state index contributed by atoms with van der Waals surface area (Å²) in [7, 11) is -6.84. The Morgan fingerprint density at radius 3 is 2.21 bits per heavy atom. The highest BCUT2D eigenvalue weighted by Crippen LogP contribution is 2.30. The van der Waals surface area contributed by atoms with Gasteiger partial charge in [-0.3, -0.25) is 4.79 Å².